The monoisotopic (exact) mass is 437 g/mol. The van der Waals surface area contributed by atoms with E-state index in [1.54, 1.807) is 17.7 Å². The van der Waals surface area contributed by atoms with E-state index >= 15 is 0 Å². The van der Waals surface area contributed by atoms with Gasteiger partial charge in [0.15, 0.2) is 10.8 Å². The number of thiophene rings is 1. The quantitative estimate of drug-likeness (QED) is 0.463. The zero-order valence-corrected chi connectivity index (χ0v) is 18.4. The third-order valence-corrected chi connectivity index (χ3v) is 7.69. The van der Waals surface area contributed by atoms with E-state index in [4.69, 9.17) is 0 Å². The van der Waals surface area contributed by atoms with Crippen molar-refractivity contribution in [2.45, 2.75) is 37.8 Å². The molecule has 0 saturated heterocycles. The van der Waals surface area contributed by atoms with Crippen molar-refractivity contribution < 1.29 is 4.79 Å². The summed E-state index contributed by atoms with van der Waals surface area (Å²) in [5, 5.41) is 13.6. The van der Waals surface area contributed by atoms with Crippen LogP contribution in [0.3, 0.4) is 0 Å². The van der Waals surface area contributed by atoms with Crippen LogP contribution in [0.25, 0.3) is 15.9 Å². The van der Waals surface area contributed by atoms with Crippen LogP contribution in [0, 0.1) is 5.92 Å². The molecule has 1 N–H and O–H groups in total. The normalized spacial score (nSPS) is 16.1. The predicted octanol–water partition coefficient (Wildman–Crippen LogP) is 3.91. The second-order valence-corrected chi connectivity index (χ2v) is 9.85. The van der Waals surface area contributed by atoms with Gasteiger partial charge in [0.1, 0.15) is 11.2 Å². The molecular weight excluding hydrogens is 414 g/mol. The summed E-state index contributed by atoms with van der Waals surface area (Å²) in [6.45, 7) is 2.94. The maximum absolute atomic E-state index is 12.3. The molecule has 1 aliphatic carbocycles. The molecule has 1 amide bonds. The molecule has 8 heteroatoms. The van der Waals surface area contributed by atoms with E-state index in [0.717, 1.165) is 41.0 Å². The third-order valence-electron chi connectivity index (χ3n) is 5.58. The first-order valence-electron chi connectivity index (χ1n) is 10.3. The predicted molar refractivity (Wildman–Crippen MR) is 121 cm³/mol. The van der Waals surface area contributed by atoms with E-state index in [-0.39, 0.29) is 5.91 Å². The molecule has 154 valence electrons. The van der Waals surface area contributed by atoms with Crippen LogP contribution in [0.4, 0.5) is 0 Å². The molecule has 3 heterocycles. The molecule has 1 atom stereocenters. The molecule has 0 fully saturated rings. The summed E-state index contributed by atoms with van der Waals surface area (Å²) in [7, 11) is 0. The van der Waals surface area contributed by atoms with Gasteiger partial charge in [-0.1, -0.05) is 49.0 Å². The van der Waals surface area contributed by atoms with E-state index in [1.165, 1.54) is 34.2 Å². The van der Waals surface area contributed by atoms with E-state index in [2.05, 4.69) is 39.6 Å². The van der Waals surface area contributed by atoms with Gasteiger partial charge in [-0.25, -0.2) is 4.98 Å². The molecule has 6 nitrogen and oxygen atoms in total. The highest BCUT2D eigenvalue weighted by Crippen LogP contribution is 2.39. The summed E-state index contributed by atoms with van der Waals surface area (Å²) in [6.07, 6.45) is 6.03. The van der Waals surface area contributed by atoms with Crippen LogP contribution in [0.5, 0.6) is 0 Å². The molecule has 0 aliphatic heterocycles. The van der Waals surface area contributed by atoms with Crippen molar-refractivity contribution >= 4 is 44.9 Å². The van der Waals surface area contributed by atoms with Gasteiger partial charge in [0.2, 0.25) is 5.91 Å². The van der Waals surface area contributed by atoms with Gasteiger partial charge in [-0.05, 0) is 42.7 Å². The molecule has 1 unspecified atom stereocenters. The Morgan fingerprint density at radius 3 is 3.03 bits per heavy atom. The summed E-state index contributed by atoms with van der Waals surface area (Å²) >= 11 is 3.19. The largest absolute Gasteiger partial charge is 0.355 e. The molecular formula is C22H23N5OS2. The number of rotatable bonds is 6. The minimum atomic E-state index is 0.00335. The highest BCUT2D eigenvalue weighted by molar-refractivity contribution is 7.99. The van der Waals surface area contributed by atoms with Gasteiger partial charge in [-0.3, -0.25) is 9.20 Å². The second-order valence-electron chi connectivity index (χ2n) is 7.83. The van der Waals surface area contributed by atoms with E-state index in [1.807, 2.05) is 22.6 Å². The Bertz CT molecular complexity index is 1200. The molecule has 0 saturated carbocycles. The second kappa shape index (κ2) is 8.35. The number of nitrogens with one attached hydrogen (secondary N) is 1. The summed E-state index contributed by atoms with van der Waals surface area (Å²) in [6, 6.07) is 10.2. The first kappa shape index (κ1) is 19.5. The lowest BCUT2D eigenvalue weighted by molar-refractivity contribution is -0.118. The molecule has 5 rings (SSSR count). The lowest BCUT2D eigenvalue weighted by atomic mass is 9.89. The van der Waals surface area contributed by atoms with E-state index in [9.17, 15) is 4.79 Å². The number of nitrogens with zero attached hydrogens (tertiary/aromatic N) is 4. The first-order valence-corrected chi connectivity index (χ1v) is 12.1. The van der Waals surface area contributed by atoms with Crippen molar-refractivity contribution in [1.29, 1.82) is 0 Å². The van der Waals surface area contributed by atoms with Crippen LogP contribution >= 0.6 is 23.1 Å². The topological polar surface area (TPSA) is 72.2 Å². The Morgan fingerprint density at radius 2 is 2.17 bits per heavy atom. The van der Waals surface area contributed by atoms with Crippen molar-refractivity contribution in [1.82, 2.24) is 24.9 Å². The Morgan fingerprint density at radius 1 is 1.30 bits per heavy atom. The van der Waals surface area contributed by atoms with E-state index in [0.29, 0.717) is 17.5 Å². The van der Waals surface area contributed by atoms with Gasteiger partial charge < -0.3 is 5.32 Å². The average Bonchev–Trinajstić information content (AvgIpc) is 3.33. The smallest absolute Gasteiger partial charge is 0.230 e. The highest BCUT2D eigenvalue weighted by Gasteiger charge is 2.24. The van der Waals surface area contributed by atoms with Crippen LogP contribution in [-0.2, 0) is 24.1 Å². The van der Waals surface area contributed by atoms with Crippen molar-refractivity contribution in [3.05, 3.63) is 52.7 Å². The maximum atomic E-state index is 12.3. The van der Waals surface area contributed by atoms with Gasteiger partial charge in [-0.2, -0.15) is 0 Å². The number of benzene rings is 1. The maximum Gasteiger partial charge on any atom is 0.230 e. The fourth-order valence-corrected chi connectivity index (χ4v) is 6.07. The van der Waals surface area contributed by atoms with Crippen molar-refractivity contribution in [3.8, 4) is 0 Å². The number of fused-ring (bicyclic) bond motifs is 5. The first-order chi connectivity index (χ1) is 14.7. The number of hydrogen-bond acceptors (Lipinski definition) is 6. The molecule has 0 spiro atoms. The van der Waals surface area contributed by atoms with Gasteiger partial charge in [0.25, 0.3) is 0 Å². The lowest BCUT2D eigenvalue weighted by Gasteiger charge is -2.17. The summed E-state index contributed by atoms with van der Waals surface area (Å²) in [4.78, 5) is 19.4. The Kier molecular flexibility index (Phi) is 5.43. The van der Waals surface area contributed by atoms with Crippen LogP contribution in [-0.4, -0.2) is 37.8 Å². The van der Waals surface area contributed by atoms with Crippen LogP contribution in [0.2, 0.25) is 0 Å². The molecule has 30 heavy (non-hydrogen) atoms. The SMILES string of the molecule is CC1CCc2c(sc3ncn4c(SCC(=O)NCCc5ccccc5)nnc4c23)C1. The minimum Gasteiger partial charge on any atom is -0.355 e. The molecule has 1 aliphatic rings. The Labute approximate surface area is 183 Å². The number of carbonyl (C=O) groups is 1. The van der Waals surface area contributed by atoms with Crippen molar-refractivity contribution in [2.75, 3.05) is 12.3 Å². The molecule has 3 aromatic heterocycles. The van der Waals surface area contributed by atoms with Crippen LogP contribution in [0.1, 0.15) is 29.3 Å². The summed E-state index contributed by atoms with van der Waals surface area (Å²) < 4.78 is 1.93. The zero-order valence-electron chi connectivity index (χ0n) is 16.8. The minimum absolute atomic E-state index is 0.00335. The fraction of sp³-hybridized carbons (Fsp3) is 0.364. The van der Waals surface area contributed by atoms with Gasteiger partial charge in [0.05, 0.1) is 11.1 Å². The highest BCUT2D eigenvalue weighted by atomic mass is 32.2. The molecule has 0 bridgehead atoms. The van der Waals surface area contributed by atoms with Crippen molar-refractivity contribution in [3.63, 3.8) is 0 Å². The van der Waals surface area contributed by atoms with Gasteiger partial charge in [-0.15, -0.1) is 21.5 Å². The number of hydrogen-bond donors (Lipinski definition) is 1. The number of aromatic nitrogens is 4. The zero-order chi connectivity index (χ0) is 20.5. The third kappa shape index (κ3) is 3.81. The molecule has 1 aromatic carbocycles. The van der Waals surface area contributed by atoms with E-state index < -0.39 is 0 Å². The summed E-state index contributed by atoms with van der Waals surface area (Å²) in [5.41, 5.74) is 3.48. The number of amides is 1. The molecule has 0 radical (unpaired) electrons. The average molecular weight is 438 g/mol. The van der Waals surface area contributed by atoms with Gasteiger partial charge in [0, 0.05) is 11.4 Å². The molecule has 4 aromatic rings. The van der Waals surface area contributed by atoms with Crippen molar-refractivity contribution in [2.24, 2.45) is 5.92 Å². The Balaban J connectivity index is 1.27. The number of thioether (sulfide) groups is 1. The summed E-state index contributed by atoms with van der Waals surface area (Å²) in [5.74, 6) is 1.04. The van der Waals surface area contributed by atoms with Crippen LogP contribution < -0.4 is 5.32 Å². The van der Waals surface area contributed by atoms with Crippen LogP contribution in [0.15, 0.2) is 41.8 Å². The van der Waals surface area contributed by atoms with Gasteiger partial charge >= 0.3 is 0 Å². The Hall–Kier alpha value is -2.45. The lowest BCUT2D eigenvalue weighted by Crippen LogP contribution is -2.27. The number of carbonyl (C=O) groups excluding carboxylic acids is 1. The standard InChI is InChI=1S/C22H23N5OS2/c1-14-7-8-16-17(11-14)30-21-19(16)20-25-26-22(27(20)13-24-21)29-12-18(28)23-10-9-15-5-3-2-4-6-15/h2-6,13-14H,7-12H2,1H3,(H,23,28). The fourth-order valence-electron chi connectivity index (χ4n) is 3.99. The number of aryl methyl sites for hydroxylation is 1.